The Morgan fingerprint density at radius 1 is 1.44 bits per heavy atom. The van der Waals surface area contributed by atoms with E-state index in [-0.39, 0.29) is 5.97 Å². The molecule has 0 unspecified atom stereocenters. The fraction of sp³-hybridized carbons (Fsp3) is 0.750. The van der Waals surface area contributed by atoms with Crippen molar-refractivity contribution in [2.75, 3.05) is 19.8 Å². The topological polar surface area (TPSA) is 44.8 Å². The fourth-order valence-corrected chi connectivity index (χ4v) is 1.58. The van der Waals surface area contributed by atoms with E-state index >= 15 is 0 Å². The van der Waals surface area contributed by atoms with E-state index in [0.717, 1.165) is 12.8 Å². The fourth-order valence-electron chi connectivity index (χ4n) is 1.58. The molecule has 0 aliphatic carbocycles. The number of esters is 1. The number of rotatable bonds is 5. The molecule has 0 saturated carbocycles. The van der Waals surface area contributed by atoms with Gasteiger partial charge in [-0.15, -0.1) is 0 Å². The van der Waals surface area contributed by atoms with Crippen LogP contribution in [0.15, 0.2) is 11.6 Å². The van der Waals surface area contributed by atoms with E-state index in [4.69, 9.17) is 14.2 Å². The summed E-state index contributed by atoms with van der Waals surface area (Å²) in [7, 11) is 0. The molecule has 1 aliphatic rings. The minimum Gasteiger partial charge on any atom is -0.463 e. The Labute approximate surface area is 96.6 Å². The summed E-state index contributed by atoms with van der Waals surface area (Å²) in [5, 5.41) is 0. The molecule has 0 radical (unpaired) electrons. The molecule has 1 saturated heterocycles. The molecule has 0 atom stereocenters. The molecule has 92 valence electrons. The quantitative estimate of drug-likeness (QED) is 0.533. The molecule has 1 heterocycles. The largest absolute Gasteiger partial charge is 0.463 e. The van der Waals surface area contributed by atoms with Crippen LogP contribution in [-0.4, -0.2) is 31.6 Å². The Kier molecular flexibility index (Phi) is 4.96. The lowest BCUT2D eigenvalue weighted by atomic mass is 10.1. The molecule has 1 rings (SSSR count). The second-order valence-corrected chi connectivity index (χ2v) is 3.98. The molecule has 0 spiro atoms. The van der Waals surface area contributed by atoms with Crippen LogP contribution < -0.4 is 0 Å². The van der Waals surface area contributed by atoms with Crippen molar-refractivity contribution in [1.82, 2.24) is 0 Å². The average molecular weight is 228 g/mol. The van der Waals surface area contributed by atoms with Gasteiger partial charge in [0.25, 0.3) is 0 Å². The summed E-state index contributed by atoms with van der Waals surface area (Å²) in [6.45, 7) is 7.19. The van der Waals surface area contributed by atoms with Crippen molar-refractivity contribution >= 4 is 5.97 Å². The van der Waals surface area contributed by atoms with Gasteiger partial charge >= 0.3 is 5.97 Å². The molecule has 0 aromatic rings. The second-order valence-electron chi connectivity index (χ2n) is 3.98. The zero-order valence-corrected chi connectivity index (χ0v) is 10.2. The summed E-state index contributed by atoms with van der Waals surface area (Å²) in [5.41, 5.74) is 0.642. The Hall–Kier alpha value is -0.870. The Morgan fingerprint density at radius 2 is 2.06 bits per heavy atom. The molecule has 0 amide bonds. The highest BCUT2D eigenvalue weighted by Crippen LogP contribution is 2.24. The van der Waals surface area contributed by atoms with Crippen molar-refractivity contribution in [3.8, 4) is 0 Å². The lowest BCUT2D eigenvalue weighted by molar-refractivity contribution is -0.146. The molecule has 1 fully saturated rings. The van der Waals surface area contributed by atoms with Gasteiger partial charge in [0.2, 0.25) is 0 Å². The standard InChI is InChI=1S/C12H20O4/c1-4-14-11(13)10(2)6-5-7-12(3)15-8-9-16-12/h6H,4-5,7-9H2,1-3H3. The molecular formula is C12H20O4. The molecule has 0 N–H and O–H groups in total. The highest BCUT2D eigenvalue weighted by atomic mass is 16.7. The number of carbonyl (C=O) groups is 1. The van der Waals surface area contributed by atoms with Gasteiger partial charge < -0.3 is 14.2 Å². The molecule has 4 heteroatoms. The average Bonchev–Trinajstić information content (AvgIpc) is 2.65. The van der Waals surface area contributed by atoms with Gasteiger partial charge in [-0.3, -0.25) is 0 Å². The summed E-state index contributed by atoms with van der Waals surface area (Å²) < 4.78 is 15.8. The van der Waals surface area contributed by atoms with Crippen molar-refractivity contribution in [2.24, 2.45) is 0 Å². The first-order valence-corrected chi connectivity index (χ1v) is 5.69. The van der Waals surface area contributed by atoms with E-state index in [1.807, 2.05) is 13.0 Å². The van der Waals surface area contributed by atoms with E-state index < -0.39 is 5.79 Å². The SMILES string of the molecule is CCOC(=O)C(C)=CCCC1(C)OCCO1. The normalized spacial score (nSPS) is 19.8. The lowest BCUT2D eigenvalue weighted by Gasteiger charge is -2.21. The Bertz CT molecular complexity index is 264. The van der Waals surface area contributed by atoms with Crippen LogP contribution in [0.3, 0.4) is 0 Å². The second kappa shape index (κ2) is 6.01. The summed E-state index contributed by atoms with van der Waals surface area (Å²) in [6.07, 6.45) is 3.37. The van der Waals surface area contributed by atoms with Gasteiger partial charge in [-0.1, -0.05) is 6.08 Å². The molecular weight excluding hydrogens is 208 g/mol. The van der Waals surface area contributed by atoms with Gasteiger partial charge in [-0.2, -0.15) is 0 Å². The van der Waals surface area contributed by atoms with E-state index in [9.17, 15) is 4.79 Å². The van der Waals surface area contributed by atoms with Crippen LogP contribution in [0.5, 0.6) is 0 Å². The number of carbonyl (C=O) groups excluding carboxylic acids is 1. The third kappa shape index (κ3) is 3.94. The summed E-state index contributed by atoms with van der Waals surface area (Å²) in [6, 6.07) is 0. The van der Waals surface area contributed by atoms with Crippen LogP contribution in [0.1, 0.15) is 33.6 Å². The van der Waals surface area contributed by atoms with Gasteiger partial charge in [0.1, 0.15) is 0 Å². The Balaban J connectivity index is 2.32. The van der Waals surface area contributed by atoms with Gasteiger partial charge in [-0.05, 0) is 27.2 Å². The van der Waals surface area contributed by atoms with Crippen LogP contribution in [0, 0.1) is 0 Å². The minimum atomic E-state index is -0.481. The molecule has 1 aliphatic heterocycles. The van der Waals surface area contributed by atoms with Crippen LogP contribution >= 0.6 is 0 Å². The van der Waals surface area contributed by atoms with Gasteiger partial charge in [0, 0.05) is 12.0 Å². The summed E-state index contributed by atoms with van der Waals surface area (Å²) in [4.78, 5) is 11.3. The molecule has 0 aromatic heterocycles. The minimum absolute atomic E-state index is 0.249. The maximum absolute atomic E-state index is 11.3. The molecule has 0 bridgehead atoms. The highest BCUT2D eigenvalue weighted by molar-refractivity contribution is 5.87. The summed E-state index contributed by atoms with van der Waals surface area (Å²) in [5.74, 6) is -0.730. The van der Waals surface area contributed by atoms with Crippen molar-refractivity contribution in [2.45, 2.75) is 39.4 Å². The van der Waals surface area contributed by atoms with Crippen LogP contribution in [0.2, 0.25) is 0 Å². The molecule has 4 nitrogen and oxygen atoms in total. The Morgan fingerprint density at radius 3 is 2.62 bits per heavy atom. The number of allylic oxidation sites excluding steroid dienone is 1. The van der Waals surface area contributed by atoms with E-state index in [1.54, 1.807) is 13.8 Å². The van der Waals surface area contributed by atoms with Crippen LogP contribution in [-0.2, 0) is 19.0 Å². The van der Waals surface area contributed by atoms with Crippen molar-refractivity contribution in [3.05, 3.63) is 11.6 Å². The van der Waals surface area contributed by atoms with E-state index in [2.05, 4.69) is 0 Å². The zero-order valence-electron chi connectivity index (χ0n) is 10.2. The van der Waals surface area contributed by atoms with E-state index in [0.29, 0.717) is 25.4 Å². The van der Waals surface area contributed by atoms with Gasteiger partial charge in [0.05, 0.1) is 19.8 Å². The highest BCUT2D eigenvalue weighted by Gasteiger charge is 2.29. The van der Waals surface area contributed by atoms with Crippen molar-refractivity contribution < 1.29 is 19.0 Å². The van der Waals surface area contributed by atoms with Gasteiger partial charge in [-0.25, -0.2) is 4.79 Å². The van der Waals surface area contributed by atoms with Crippen LogP contribution in [0.25, 0.3) is 0 Å². The first-order chi connectivity index (χ1) is 7.57. The maximum atomic E-state index is 11.3. The molecule has 16 heavy (non-hydrogen) atoms. The number of hydrogen-bond acceptors (Lipinski definition) is 4. The maximum Gasteiger partial charge on any atom is 0.333 e. The monoisotopic (exact) mass is 228 g/mol. The predicted octanol–water partition coefficient (Wildman–Crippen LogP) is 2.04. The first kappa shape index (κ1) is 13.2. The lowest BCUT2D eigenvalue weighted by Crippen LogP contribution is -2.24. The van der Waals surface area contributed by atoms with Crippen molar-refractivity contribution in [3.63, 3.8) is 0 Å². The first-order valence-electron chi connectivity index (χ1n) is 5.69. The van der Waals surface area contributed by atoms with Crippen molar-refractivity contribution in [1.29, 1.82) is 0 Å². The van der Waals surface area contributed by atoms with E-state index in [1.165, 1.54) is 0 Å². The third-order valence-corrected chi connectivity index (χ3v) is 2.54. The number of hydrogen-bond donors (Lipinski definition) is 0. The number of ether oxygens (including phenoxy) is 3. The summed E-state index contributed by atoms with van der Waals surface area (Å²) >= 11 is 0. The van der Waals surface area contributed by atoms with Gasteiger partial charge in [0.15, 0.2) is 5.79 Å². The molecule has 0 aromatic carbocycles. The third-order valence-electron chi connectivity index (χ3n) is 2.54. The predicted molar refractivity (Wildman–Crippen MR) is 59.9 cm³/mol. The van der Waals surface area contributed by atoms with Crippen LogP contribution in [0.4, 0.5) is 0 Å². The zero-order chi connectivity index (χ0) is 12.0. The smallest absolute Gasteiger partial charge is 0.333 e.